The Kier molecular flexibility index (Phi) is 6.13. The number of hydrogen-bond donors (Lipinski definition) is 2. The number of rotatable bonds is 7. The van der Waals surface area contributed by atoms with Gasteiger partial charge in [-0.2, -0.15) is 0 Å². The molecule has 6 aromatic carbocycles. The summed E-state index contributed by atoms with van der Waals surface area (Å²) in [6.07, 6.45) is 0. The molecule has 0 unspecified atom stereocenters. The van der Waals surface area contributed by atoms with Crippen molar-refractivity contribution in [2.24, 2.45) is 0 Å². The van der Waals surface area contributed by atoms with Gasteiger partial charge in [-0.1, -0.05) is 12.1 Å². The van der Waals surface area contributed by atoms with Gasteiger partial charge in [-0.15, -0.1) is 0 Å². The third-order valence-electron chi connectivity index (χ3n) is 10.0. The zero-order valence-electron chi connectivity index (χ0n) is 27.2. The third kappa shape index (κ3) is 3.92. The second kappa shape index (κ2) is 10.8. The normalized spacial score (nSPS) is 11.9. The molecular formula is C40H18N4O10. The van der Waals surface area contributed by atoms with Crippen LogP contribution in [0, 0.1) is 0 Å². The van der Waals surface area contributed by atoms with Gasteiger partial charge in [-0.3, -0.25) is 28.0 Å². The fraction of sp³-hybridized carbons (Fsp3) is 0. The Labute approximate surface area is 297 Å². The highest BCUT2D eigenvalue weighted by Gasteiger charge is 2.26. The van der Waals surface area contributed by atoms with Crippen LogP contribution in [0.2, 0.25) is 0 Å². The fourth-order valence-electron chi connectivity index (χ4n) is 7.88. The number of aromatic nitrogens is 4. The zero-order valence-corrected chi connectivity index (χ0v) is 27.2. The van der Waals surface area contributed by atoms with Crippen LogP contribution in [0.25, 0.3) is 87.6 Å². The number of aromatic carboxylic acids is 2. The lowest BCUT2D eigenvalue weighted by molar-refractivity contribution is -0.121. The largest absolute Gasteiger partial charge is 0.478 e. The van der Waals surface area contributed by atoms with Gasteiger partial charge in [0.05, 0.1) is 33.2 Å². The zero-order chi connectivity index (χ0) is 37.2. The summed E-state index contributed by atoms with van der Waals surface area (Å²) in [6, 6.07) is 21.6. The maximum absolute atomic E-state index is 14.3. The highest BCUT2D eigenvalue weighted by molar-refractivity contribution is 6.28. The fourth-order valence-corrected chi connectivity index (χ4v) is 7.88. The van der Waals surface area contributed by atoms with Crippen LogP contribution in [0.5, 0.6) is 11.5 Å². The molecule has 0 aliphatic rings. The average Bonchev–Trinajstić information content (AvgIpc) is 3.75. The summed E-state index contributed by atoms with van der Waals surface area (Å²) in [5, 5.41) is 22.7. The first-order valence-corrected chi connectivity index (χ1v) is 16.2. The number of pyridine rings is 2. The number of benzene rings is 6. The molecule has 0 atom stereocenters. The molecule has 14 heteroatoms. The van der Waals surface area contributed by atoms with Gasteiger partial charge in [0.25, 0.3) is 24.1 Å². The molecule has 0 aliphatic heterocycles. The van der Waals surface area contributed by atoms with E-state index < -0.39 is 23.1 Å². The third-order valence-corrected chi connectivity index (χ3v) is 10.0. The van der Waals surface area contributed by atoms with E-state index in [0.717, 1.165) is 0 Å². The molecule has 2 N–H and O–H groups in total. The molecule has 4 aromatic heterocycles. The van der Waals surface area contributed by atoms with E-state index in [1.54, 1.807) is 36.4 Å². The highest BCUT2D eigenvalue weighted by Crippen LogP contribution is 2.45. The van der Waals surface area contributed by atoms with Gasteiger partial charge >= 0.3 is 11.9 Å². The molecule has 0 spiro atoms. The second-order valence-corrected chi connectivity index (χ2v) is 12.6. The Morgan fingerprint density at radius 2 is 1.19 bits per heavy atom. The number of ether oxygens (including phenoxy) is 2. The topological polar surface area (TPSA) is 196 Å². The van der Waals surface area contributed by atoms with Crippen molar-refractivity contribution in [3.8, 4) is 22.6 Å². The predicted molar refractivity (Wildman–Crippen MR) is 197 cm³/mol. The number of carbonyl (C=O) groups is 4. The SMILES string of the molecule is O=COc1ccc2c(c1)nc1c3ccc(C(=O)O)c4c(-c5ccc6c7c5c(OC=O)ccc7c(=O)n5c7cc(C(=O)O)ccc7nc65)ccc(c(=O)n21)c43. The maximum Gasteiger partial charge on any atom is 0.336 e. The quantitative estimate of drug-likeness (QED) is 0.193. The number of carboxylic acid groups (broad SMARTS) is 2. The van der Waals surface area contributed by atoms with E-state index in [4.69, 9.17) is 14.5 Å². The first kappa shape index (κ1) is 30.8. The van der Waals surface area contributed by atoms with Crippen LogP contribution >= 0.6 is 0 Å². The molecule has 0 fully saturated rings. The molecule has 14 nitrogen and oxygen atoms in total. The monoisotopic (exact) mass is 714 g/mol. The smallest absolute Gasteiger partial charge is 0.336 e. The summed E-state index contributed by atoms with van der Waals surface area (Å²) in [5.74, 6) is -2.13. The summed E-state index contributed by atoms with van der Waals surface area (Å²) < 4.78 is 13.2. The first-order chi connectivity index (χ1) is 26.2. The van der Waals surface area contributed by atoms with Gasteiger partial charge in [-0.05, 0) is 77.9 Å². The van der Waals surface area contributed by atoms with E-state index in [9.17, 15) is 39.0 Å². The molecule has 0 amide bonds. The number of fused-ring (bicyclic) bond motifs is 8. The molecule has 4 heterocycles. The van der Waals surface area contributed by atoms with Gasteiger partial charge < -0.3 is 19.7 Å². The Morgan fingerprint density at radius 1 is 0.574 bits per heavy atom. The lowest BCUT2D eigenvalue weighted by Gasteiger charge is -2.18. The van der Waals surface area contributed by atoms with Gasteiger partial charge in [-0.25, -0.2) is 19.6 Å². The van der Waals surface area contributed by atoms with Crippen molar-refractivity contribution in [1.82, 2.24) is 18.8 Å². The Bertz CT molecular complexity index is 3500. The lowest BCUT2D eigenvalue weighted by Crippen LogP contribution is -2.14. The highest BCUT2D eigenvalue weighted by atomic mass is 16.5. The van der Waals surface area contributed by atoms with Crippen LogP contribution in [-0.4, -0.2) is 53.9 Å². The van der Waals surface area contributed by atoms with Gasteiger partial charge in [0.15, 0.2) is 0 Å². The minimum atomic E-state index is -1.26. The summed E-state index contributed by atoms with van der Waals surface area (Å²) in [4.78, 5) is 85.4. The number of carbonyl (C=O) groups excluding carboxylic acids is 2. The number of nitrogens with zero attached hydrogens (tertiary/aromatic N) is 4. The van der Waals surface area contributed by atoms with Crippen LogP contribution in [-0.2, 0) is 9.59 Å². The van der Waals surface area contributed by atoms with Crippen molar-refractivity contribution in [3.05, 3.63) is 117 Å². The van der Waals surface area contributed by atoms with Crippen LogP contribution in [0.1, 0.15) is 20.7 Å². The lowest BCUT2D eigenvalue weighted by atomic mass is 9.87. The van der Waals surface area contributed by atoms with Crippen LogP contribution in [0.4, 0.5) is 0 Å². The van der Waals surface area contributed by atoms with E-state index >= 15 is 0 Å². The number of hydrogen-bond acceptors (Lipinski definition) is 10. The van der Waals surface area contributed by atoms with Crippen LogP contribution in [0.15, 0.2) is 94.5 Å². The van der Waals surface area contributed by atoms with E-state index in [1.165, 1.54) is 57.3 Å². The molecule has 10 aromatic rings. The molecule has 0 radical (unpaired) electrons. The molecule has 0 saturated carbocycles. The molecular weight excluding hydrogens is 696 g/mol. The first-order valence-electron chi connectivity index (χ1n) is 16.2. The number of carboxylic acids is 2. The Morgan fingerprint density at radius 3 is 1.87 bits per heavy atom. The van der Waals surface area contributed by atoms with E-state index in [-0.39, 0.29) is 63.0 Å². The molecule has 258 valence electrons. The van der Waals surface area contributed by atoms with Crippen molar-refractivity contribution >= 4 is 101 Å². The van der Waals surface area contributed by atoms with Gasteiger partial charge in [0, 0.05) is 49.2 Å². The molecule has 0 saturated heterocycles. The average molecular weight is 715 g/mol. The molecule has 0 bridgehead atoms. The van der Waals surface area contributed by atoms with Crippen LogP contribution in [0.3, 0.4) is 0 Å². The minimum absolute atomic E-state index is 0.0261. The van der Waals surface area contributed by atoms with Crippen molar-refractivity contribution < 1.29 is 38.9 Å². The van der Waals surface area contributed by atoms with E-state index in [1.807, 2.05) is 0 Å². The standard InChI is InChI=1S/C40H18N4O10/c45-15-53-18-2-11-28-27(14-18)42-36-21-6-8-25(40(51)52)31-19(4-7-23(32(21)31)37(47)43(28)36)20-3-5-22-33-24(9-12-30(34(20)33)54-16-46)38(48)44-29-13-17(39(49)50)1-10-26(29)41-35(22)44/h1-16H,(H,49,50)(H,51,52). The summed E-state index contributed by atoms with van der Waals surface area (Å²) in [6.45, 7) is 0.528. The van der Waals surface area contributed by atoms with Gasteiger partial charge in [0.1, 0.15) is 22.8 Å². The van der Waals surface area contributed by atoms with Crippen molar-refractivity contribution in [2.45, 2.75) is 0 Å². The Hall–Kier alpha value is -8.00. The second-order valence-electron chi connectivity index (χ2n) is 12.6. The van der Waals surface area contributed by atoms with Crippen molar-refractivity contribution in [3.63, 3.8) is 0 Å². The van der Waals surface area contributed by atoms with Crippen molar-refractivity contribution in [1.29, 1.82) is 0 Å². The van der Waals surface area contributed by atoms with E-state index in [2.05, 4.69) is 4.98 Å². The predicted octanol–water partition coefficient (Wildman–Crippen LogP) is 5.63. The van der Waals surface area contributed by atoms with E-state index in [0.29, 0.717) is 60.1 Å². The molecule has 54 heavy (non-hydrogen) atoms. The number of imidazole rings is 2. The van der Waals surface area contributed by atoms with Gasteiger partial charge in [0.2, 0.25) is 0 Å². The van der Waals surface area contributed by atoms with Crippen LogP contribution < -0.4 is 20.6 Å². The maximum atomic E-state index is 14.3. The summed E-state index contributed by atoms with van der Waals surface area (Å²) in [7, 11) is 0. The minimum Gasteiger partial charge on any atom is -0.478 e. The molecule has 0 aliphatic carbocycles. The summed E-state index contributed by atoms with van der Waals surface area (Å²) >= 11 is 0. The summed E-state index contributed by atoms with van der Waals surface area (Å²) in [5.41, 5.74) is 1.65. The Balaban J connectivity index is 1.36. The van der Waals surface area contributed by atoms with Crippen molar-refractivity contribution in [2.75, 3.05) is 0 Å². The molecule has 10 rings (SSSR count).